The molecule has 0 aromatic carbocycles. The molecule has 0 saturated carbocycles. The molecular weight excluding hydrogens is 238 g/mol. The standard InChI is InChI=1S/C11H13N3O2S/c1-8(7-9-3-2-5-16-9)13-10(15)14-11-12-4-6-17-11/h2-6,8H,7H2,1H3,(H2,12,13,14,15)/t8-/m1/s1. The Morgan fingerprint density at radius 3 is 3.18 bits per heavy atom. The van der Waals surface area contributed by atoms with Crippen molar-refractivity contribution in [3.63, 3.8) is 0 Å². The van der Waals surface area contributed by atoms with Crippen molar-refractivity contribution in [3.8, 4) is 0 Å². The van der Waals surface area contributed by atoms with Crippen LogP contribution in [0.15, 0.2) is 34.4 Å². The zero-order valence-corrected chi connectivity index (χ0v) is 10.2. The van der Waals surface area contributed by atoms with Gasteiger partial charge in [0.05, 0.1) is 6.26 Å². The highest BCUT2D eigenvalue weighted by Crippen LogP contribution is 2.10. The maximum atomic E-state index is 11.6. The van der Waals surface area contributed by atoms with Gasteiger partial charge in [-0.2, -0.15) is 0 Å². The summed E-state index contributed by atoms with van der Waals surface area (Å²) < 4.78 is 5.21. The third-order valence-electron chi connectivity index (χ3n) is 2.12. The summed E-state index contributed by atoms with van der Waals surface area (Å²) in [5.41, 5.74) is 0. The van der Waals surface area contributed by atoms with E-state index in [0.717, 1.165) is 5.76 Å². The molecule has 0 aliphatic rings. The van der Waals surface area contributed by atoms with Crippen LogP contribution < -0.4 is 10.6 Å². The highest BCUT2D eigenvalue weighted by atomic mass is 32.1. The van der Waals surface area contributed by atoms with Crippen LogP contribution in [0.4, 0.5) is 9.93 Å². The van der Waals surface area contributed by atoms with Crippen LogP contribution in [0.1, 0.15) is 12.7 Å². The van der Waals surface area contributed by atoms with Crippen molar-refractivity contribution >= 4 is 22.5 Å². The number of anilines is 1. The Balaban J connectivity index is 1.78. The maximum Gasteiger partial charge on any atom is 0.321 e. The van der Waals surface area contributed by atoms with Crippen molar-refractivity contribution in [1.29, 1.82) is 0 Å². The normalized spacial score (nSPS) is 12.1. The second-order valence-corrected chi connectivity index (χ2v) is 4.51. The number of aromatic nitrogens is 1. The molecule has 0 fully saturated rings. The minimum Gasteiger partial charge on any atom is -0.469 e. The molecular formula is C11H13N3O2S. The van der Waals surface area contributed by atoms with Gasteiger partial charge < -0.3 is 9.73 Å². The van der Waals surface area contributed by atoms with Crippen molar-refractivity contribution in [2.45, 2.75) is 19.4 Å². The van der Waals surface area contributed by atoms with Crippen LogP contribution in [0.25, 0.3) is 0 Å². The Labute approximate surface area is 103 Å². The van der Waals surface area contributed by atoms with E-state index >= 15 is 0 Å². The number of hydrogen-bond acceptors (Lipinski definition) is 4. The van der Waals surface area contributed by atoms with E-state index in [9.17, 15) is 4.79 Å². The van der Waals surface area contributed by atoms with E-state index in [4.69, 9.17) is 4.42 Å². The average Bonchev–Trinajstić information content (AvgIpc) is 2.90. The fraction of sp³-hybridized carbons (Fsp3) is 0.273. The number of nitrogens with one attached hydrogen (secondary N) is 2. The largest absolute Gasteiger partial charge is 0.469 e. The van der Waals surface area contributed by atoms with Crippen LogP contribution in [0.2, 0.25) is 0 Å². The zero-order valence-electron chi connectivity index (χ0n) is 9.34. The van der Waals surface area contributed by atoms with Gasteiger partial charge in [0.15, 0.2) is 5.13 Å². The lowest BCUT2D eigenvalue weighted by molar-refractivity contribution is 0.248. The van der Waals surface area contributed by atoms with Crippen LogP contribution in [0, 0.1) is 0 Å². The summed E-state index contributed by atoms with van der Waals surface area (Å²) in [6.07, 6.45) is 3.93. The van der Waals surface area contributed by atoms with E-state index < -0.39 is 0 Å². The molecule has 90 valence electrons. The van der Waals surface area contributed by atoms with E-state index in [2.05, 4.69) is 15.6 Å². The lowest BCUT2D eigenvalue weighted by atomic mass is 10.2. The van der Waals surface area contributed by atoms with E-state index in [1.807, 2.05) is 24.4 Å². The first-order valence-electron chi connectivity index (χ1n) is 5.23. The van der Waals surface area contributed by atoms with Gasteiger partial charge in [-0.05, 0) is 19.1 Å². The molecule has 2 aromatic rings. The lowest BCUT2D eigenvalue weighted by Crippen LogP contribution is -2.37. The van der Waals surface area contributed by atoms with E-state index in [1.54, 1.807) is 12.5 Å². The summed E-state index contributed by atoms with van der Waals surface area (Å²) in [6, 6.07) is 3.47. The van der Waals surface area contributed by atoms with Gasteiger partial charge in [0, 0.05) is 24.0 Å². The molecule has 0 saturated heterocycles. The van der Waals surface area contributed by atoms with Gasteiger partial charge >= 0.3 is 6.03 Å². The highest BCUT2D eigenvalue weighted by molar-refractivity contribution is 7.13. The Kier molecular flexibility index (Phi) is 3.77. The molecule has 0 bridgehead atoms. The maximum absolute atomic E-state index is 11.6. The second-order valence-electron chi connectivity index (χ2n) is 3.62. The summed E-state index contributed by atoms with van der Waals surface area (Å²) in [4.78, 5) is 15.5. The van der Waals surface area contributed by atoms with Crippen LogP contribution in [0.3, 0.4) is 0 Å². The topological polar surface area (TPSA) is 67.2 Å². The molecule has 0 radical (unpaired) electrons. The quantitative estimate of drug-likeness (QED) is 0.877. The minimum atomic E-state index is -0.251. The van der Waals surface area contributed by atoms with Crippen LogP contribution in [-0.2, 0) is 6.42 Å². The lowest BCUT2D eigenvalue weighted by Gasteiger charge is -2.12. The van der Waals surface area contributed by atoms with Gasteiger partial charge in [0.25, 0.3) is 0 Å². The molecule has 17 heavy (non-hydrogen) atoms. The molecule has 0 aliphatic heterocycles. The molecule has 0 aliphatic carbocycles. The number of carbonyl (C=O) groups is 1. The van der Waals surface area contributed by atoms with Gasteiger partial charge in [0.2, 0.25) is 0 Å². The third kappa shape index (κ3) is 3.60. The smallest absolute Gasteiger partial charge is 0.321 e. The molecule has 0 unspecified atom stereocenters. The molecule has 6 heteroatoms. The third-order valence-corrected chi connectivity index (χ3v) is 2.81. The molecule has 5 nitrogen and oxygen atoms in total. The van der Waals surface area contributed by atoms with Crippen LogP contribution >= 0.6 is 11.3 Å². The van der Waals surface area contributed by atoms with E-state index in [-0.39, 0.29) is 12.1 Å². The van der Waals surface area contributed by atoms with Crippen molar-refractivity contribution < 1.29 is 9.21 Å². The number of rotatable bonds is 4. The van der Waals surface area contributed by atoms with Crippen LogP contribution in [0.5, 0.6) is 0 Å². The first kappa shape index (κ1) is 11.7. The number of thiazole rings is 1. The predicted octanol–water partition coefficient (Wildman–Crippen LogP) is 2.49. The molecule has 2 rings (SSSR count). The Bertz CT molecular complexity index is 453. The number of hydrogen-bond donors (Lipinski definition) is 2. The monoisotopic (exact) mass is 251 g/mol. The first-order chi connectivity index (χ1) is 8.24. The predicted molar refractivity (Wildman–Crippen MR) is 66.1 cm³/mol. The minimum absolute atomic E-state index is 0.00103. The van der Waals surface area contributed by atoms with Gasteiger partial charge in [0.1, 0.15) is 5.76 Å². The molecule has 2 amide bonds. The molecule has 2 N–H and O–H groups in total. The highest BCUT2D eigenvalue weighted by Gasteiger charge is 2.10. The van der Waals surface area contributed by atoms with Gasteiger partial charge in [-0.15, -0.1) is 11.3 Å². The SMILES string of the molecule is C[C@H](Cc1ccco1)NC(=O)Nc1nccs1. The zero-order chi connectivity index (χ0) is 12.1. The van der Waals surface area contributed by atoms with Crippen molar-refractivity contribution in [2.24, 2.45) is 0 Å². The van der Waals surface area contributed by atoms with Crippen molar-refractivity contribution in [1.82, 2.24) is 10.3 Å². The molecule has 2 aromatic heterocycles. The van der Waals surface area contributed by atoms with E-state index in [0.29, 0.717) is 11.6 Å². The summed E-state index contributed by atoms with van der Waals surface area (Å²) in [7, 11) is 0. The molecule has 0 spiro atoms. The van der Waals surface area contributed by atoms with E-state index in [1.165, 1.54) is 11.3 Å². The number of amides is 2. The van der Waals surface area contributed by atoms with Gasteiger partial charge in [-0.3, -0.25) is 5.32 Å². The molecule has 2 heterocycles. The number of urea groups is 1. The number of nitrogens with zero attached hydrogens (tertiary/aromatic N) is 1. The van der Waals surface area contributed by atoms with Gasteiger partial charge in [-0.25, -0.2) is 9.78 Å². The second kappa shape index (κ2) is 5.49. The summed E-state index contributed by atoms with van der Waals surface area (Å²) >= 11 is 1.38. The number of carbonyl (C=O) groups excluding carboxylic acids is 1. The van der Waals surface area contributed by atoms with Crippen molar-refractivity contribution in [2.75, 3.05) is 5.32 Å². The van der Waals surface area contributed by atoms with Gasteiger partial charge in [-0.1, -0.05) is 0 Å². The Morgan fingerprint density at radius 1 is 1.65 bits per heavy atom. The first-order valence-corrected chi connectivity index (χ1v) is 6.11. The summed E-state index contributed by atoms with van der Waals surface area (Å²) in [6.45, 7) is 1.92. The van der Waals surface area contributed by atoms with Crippen molar-refractivity contribution in [3.05, 3.63) is 35.7 Å². The Hall–Kier alpha value is -1.82. The molecule has 1 atom stereocenters. The summed E-state index contributed by atoms with van der Waals surface area (Å²) in [5.74, 6) is 0.854. The fourth-order valence-electron chi connectivity index (χ4n) is 1.42. The van der Waals surface area contributed by atoms with Crippen LogP contribution in [-0.4, -0.2) is 17.1 Å². The summed E-state index contributed by atoms with van der Waals surface area (Å²) in [5, 5.41) is 7.87. The Morgan fingerprint density at radius 2 is 2.53 bits per heavy atom. The number of furan rings is 1. The fourth-order valence-corrected chi connectivity index (χ4v) is 1.95. The average molecular weight is 251 g/mol.